The summed E-state index contributed by atoms with van der Waals surface area (Å²) in [5, 5.41) is 3.25. The summed E-state index contributed by atoms with van der Waals surface area (Å²) in [6, 6.07) is 11.1. The van der Waals surface area contributed by atoms with Crippen molar-refractivity contribution in [3.8, 4) is 0 Å². The SMILES string of the molecule is Cc1ccccc1NC(=O)CSc1nc2nccnc2c(=O)n1Cc1ccco1. The number of hydrogen-bond donors (Lipinski definition) is 1. The van der Waals surface area contributed by atoms with Crippen LogP contribution in [0.1, 0.15) is 11.3 Å². The molecule has 146 valence electrons. The van der Waals surface area contributed by atoms with Gasteiger partial charge in [0.2, 0.25) is 5.91 Å². The number of aromatic nitrogens is 4. The largest absolute Gasteiger partial charge is 0.467 e. The average Bonchev–Trinajstić information content (AvgIpc) is 3.24. The second kappa shape index (κ2) is 8.27. The van der Waals surface area contributed by atoms with Crippen LogP contribution >= 0.6 is 11.8 Å². The van der Waals surface area contributed by atoms with Gasteiger partial charge in [0.05, 0.1) is 18.6 Å². The highest BCUT2D eigenvalue weighted by Gasteiger charge is 2.16. The van der Waals surface area contributed by atoms with Gasteiger partial charge in [-0.15, -0.1) is 0 Å². The van der Waals surface area contributed by atoms with E-state index in [9.17, 15) is 9.59 Å². The maximum Gasteiger partial charge on any atom is 0.282 e. The van der Waals surface area contributed by atoms with Crippen LogP contribution in [0, 0.1) is 6.92 Å². The first-order valence-electron chi connectivity index (χ1n) is 8.84. The second-order valence-corrected chi connectivity index (χ2v) is 7.19. The molecule has 1 N–H and O–H groups in total. The van der Waals surface area contributed by atoms with Crippen LogP contribution < -0.4 is 10.9 Å². The van der Waals surface area contributed by atoms with E-state index in [0.29, 0.717) is 10.9 Å². The third kappa shape index (κ3) is 4.19. The molecule has 0 aliphatic rings. The fourth-order valence-electron chi connectivity index (χ4n) is 2.77. The van der Waals surface area contributed by atoms with E-state index in [4.69, 9.17) is 4.42 Å². The minimum absolute atomic E-state index is 0.0880. The molecule has 0 aliphatic heterocycles. The maximum absolute atomic E-state index is 12.9. The van der Waals surface area contributed by atoms with Crippen LogP contribution in [0.5, 0.6) is 0 Å². The zero-order valence-electron chi connectivity index (χ0n) is 15.5. The van der Waals surface area contributed by atoms with Crippen LogP contribution in [0.15, 0.2) is 69.4 Å². The average molecular weight is 407 g/mol. The summed E-state index contributed by atoms with van der Waals surface area (Å²) >= 11 is 1.16. The number of para-hydroxylation sites is 1. The van der Waals surface area contributed by atoms with E-state index in [1.54, 1.807) is 12.1 Å². The topological polar surface area (TPSA) is 103 Å². The molecule has 0 bridgehead atoms. The molecule has 0 saturated carbocycles. The number of furan rings is 1. The Morgan fingerprint density at radius 2 is 2.00 bits per heavy atom. The van der Waals surface area contributed by atoms with Gasteiger partial charge in [0, 0.05) is 18.1 Å². The van der Waals surface area contributed by atoms with Crippen LogP contribution in [-0.4, -0.2) is 31.2 Å². The number of carbonyl (C=O) groups is 1. The zero-order valence-corrected chi connectivity index (χ0v) is 16.3. The summed E-state index contributed by atoms with van der Waals surface area (Å²) in [5.74, 6) is 0.496. The number of rotatable bonds is 6. The number of hydrogen-bond acceptors (Lipinski definition) is 7. The molecule has 1 amide bonds. The Kier molecular flexibility index (Phi) is 5.39. The van der Waals surface area contributed by atoms with Crippen molar-refractivity contribution in [2.75, 3.05) is 11.1 Å². The number of amides is 1. The summed E-state index contributed by atoms with van der Waals surface area (Å²) in [4.78, 5) is 38.0. The van der Waals surface area contributed by atoms with E-state index in [1.807, 2.05) is 31.2 Å². The van der Waals surface area contributed by atoms with Gasteiger partial charge in [0.25, 0.3) is 5.56 Å². The summed E-state index contributed by atoms with van der Waals surface area (Å²) in [7, 11) is 0. The van der Waals surface area contributed by atoms with Crippen molar-refractivity contribution >= 4 is 34.5 Å². The Labute approximate surface area is 170 Å². The predicted molar refractivity (Wildman–Crippen MR) is 110 cm³/mol. The number of aryl methyl sites for hydroxylation is 1. The van der Waals surface area contributed by atoms with Gasteiger partial charge in [0.1, 0.15) is 5.76 Å². The molecule has 1 aromatic carbocycles. The highest BCUT2D eigenvalue weighted by molar-refractivity contribution is 7.99. The molecule has 0 aliphatic carbocycles. The second-order valence-electron chi connectivity index (χ2n) is 6.25. The number of benzene rings is 1. The summed E-state index contributed by atoms with van der Waals surface area (Å²) in [6.07, 6.45) is 4.47. The lowest BCUT2D eigenvalue weighted by Gasteiger charge is -2.12. The Balaban J connectivity index is 1.61. The van der Waals surface area contributed by atoms with Crippen molar-refractivity contribution < 1.29 is 9.21 Å². The molecule has 3 heterocycles. The van der Waals surface area contributed by atoms with Crippen molar-refractivity contribution in [1.82, 2.24) is 19.5 Å². The van der Waals surface area contributed by atoms with Gasteiger partial charge in [-0.1, -0.05) is 30.0 Å². The van der Waals surface area contributed by atoms with Gasteiger partial charge in [-0.25, -0.2) is 15.0 Å². The molecule has 4 rings (SSSR count). The van der Waals surface area contributed by atoms with Crippen LogP contribution in [0.25, 0.3) is 11.2 Å². The number of nitrogens with zero attached hydrogens (tertiary/aromatic N) is 4. The summed E-state index contributed by atoms with van der Waals surface area (Å²) < 4.78 is 6.81. The first-order valence-corrected chi connectivity index (χ1v) is 9.82. The highest BCUT2D eigenvalue weighted by atomic mass is 32.2. The van der Waals surface area contributed by atoms with E-state index in [1.165, 1.54) is 23.2 Å². The van der Waals surface area contributed by atoms with E-state index in [2.05, 4.69) is 20.3 Å². The van der Waals surface area contributed by atoms with Crippen molar-refractivity contribution in [2.45, 2.75) is 18.6 Å². The minimum atomic E-state index is -0.332. The third-order valence-electron chi connectivity index (χ3n) is 4.20. The van der Waals surface area contributed by atoms with E-state index < -0.39 is 0 Å². The standard InChI is InChI=1S/C20H17N5O3S/c1-13-5-2-3-7-15(13)23-16(26)12-29-20-24-18-17(21-8-9-22-18)19(27)25(20)11-14-6-4-10-28-14/h2-10H,11-12H2,1H3,(H,23,26). The minimum Gasteiger partial charge on any atom is -0.467 e. The molecule has 29 heavy (non-hydrogen) atoms. The molecule has 0 radical (unpaired) electrons. The molecule has 0 spiro atoms. The third-order valence-corrected chi connectivity index (χ3v) is 5.18. The fraction of sp³-hybridized carbons (Fsp3) is 0.150. The van der Waals surface area contributed by atoms with Crippen LogP contribution in [0.4, 0.5) is 5.69 Å². The van der Waals surface area contributed by atoms with Crippen LogP contribution in [0.3, 0.4) is 0 Å². The Bertz CT molecular complexity index is 1220. The predicted octanol–water partition coefficient (Wildman–Crippen LogP) is 2.87. The Morgan fingerprint density at radius 1 is 1.17 bits per heavy atom. The number of nitrogens with one attached hydrogen (secondary N) is 1. The summed E-state index contributed by atoms with van der Waals surface area (Å²) in [6.45, 7) is 2.11. The highest BCUT2D eigenvalue weighted by Crippen LogP contribution is 2.19. The number of fused-ring (bicyclic) bond motifs is 1. The van der Waals surface area contributed by atoms with Crippen molar-refractivity contribution in [1.29, 1.82) is 0 Å². The van der Waals surface area contributed by atoms with Crippen molar-refractivity contribution in [3.05, 3.63) is 76.7 Å². The zero-order chi connectivity index (χ0) is 20.2. The first kappa shape index (κ1) is 18.9. The van der Waals surface area contributed by atoms with Gasteiger partial charge in [-0.05, 0) is 30.7 Å². The number of thioether (sulfide) groups is 1. The summed E-state index contributed by atoms with van der Waals surface area (Å²) in [5.41, 5.74) is 1.81. The lowest BCUT2D eigenvalue weighted by molar-refractivity contribution is -0.113. The lowest BCUT2D eigenvalue weighted by Crippen LogP contribution is -2.25. The van der Waals surface area contributed by atoms with Crippen LogP contribution in [0.2, 0.25) is 0 Å². The van der Waals surface area contributed by atoms with Crippen molar-refractivity contribution in [3.63, 3.8) is 0 Å². The van der Waals surface area contributed by atoms with E-state index >= 15 is 0 Å². The van der Waals surface area contributed by atoms with E-state index in [0.717, 1.165) is 23.0 Å². The molecule has 8 nitrogen and oxygen atoms in total. The van der Waals surface area contributed by atoms with Crippen molar-refractivity contribution in [2.24, 2.45) is 0 Å². The molecule has 9 heteroatoms. The smallest absolute Gasteiger partial charge is 0.282 e. The molecule has 0 fully saturated rings. The number of anilines is 1. The molecular weight excluding hydrogens is 390 g/mol. The fourth-order valence-corrected chi connectivity index (χ4v) is 3.55. The quantitative estimate of drug-likeness (QED) is 0.387. The normalized spacial score (nSPS) is 10.9. The maximum atomic E-state index is 12.9. The van der Waals surface area contributed by atoms with Gasteiger partial charge in [0.15, 0.2) is 16.3 Å². The Morgan fingerprint density at radius 3 is 2.79 bits per heavy atom. The van der Waals surface area contributed by atoms with Gasteiger partial charge < -0.3 is 9.73 Å². The molecule has 0 saturated heterocycles. The van der Waals surface area contributed by atoms with Gasteiger partial charge >= 0.3 is 0 Å². The molecule has 4 aromatic rings. The first-order chi connectivity index (χ1) is 14.1. The molecule has 0 unspecified atom stereocenters. The molecular formula is C20H17N5O3S. The van der Waals surface area contributed by atoms with E-state index in [-0.39, 0.29) is 34.9 Å². The van der Waals surface area contributed by atoms with Gasteiger partial charge in [-0.3, -0.25) is 14.2 Å². The number of carbonyl (C=O) groups excluding carboxylic acids is 1. The van der Waals surface area contributed by atoms with Crippen LogP contribution in [-0.2, 0) is 11.3 Å². The monoisotopic (exact) mass is 407 g/mol. The lowest BCUT2D eigenvalue weighted by atomic mass is 10.2. The molecule has 3 aromatic heterocycles. The Hall–Kier alpha value is -3.46. The van der Waals surface area contributed by atoms with Gasteiger partial charge in [-0.2, -0.15) is 0 Å². The molecule has 0 atom stereocenters.